The van der Waals surface area contributed by atoms with E-state index < -0.39 is 12.7 Å². The smallest absolute Gasteiger partial charge is 0.387 e. The van der Waals surface area contributed by atoms with Crippen molar-refractivity contribution in [2.75, 3.05) is 0 Å². The molecule has 0 heterocycles. The summed E-state index contributed by atoms with van der Waals surface area (Å²) < 4.78 is 27.9. The molecule has 7 nitrogen and oxygen atoms in total. The quantitative estimate of drug-likeness (QED) is 0.307. The molecule has 0 rings (SSSR count). The third-order valence-electron chi connectivity index (χ3n) is 1.64. The van der Waals surface area contributed by atoms with Crippen molar-refractivity contribution in [1.29, 1.82) is 5.41 Å². The summed E-state index contributed by atoms with van der Waals surface area (Å²) in [5, 5.41) is 9.46. The van der Waals surface area contributed by atoms with Gasteiger partial charge in [0.15, 0.2) is 5.76 Å². The Morgan fingerprint density at radius 3 is 2.58 bits per heavy atom. The molecule has 0 fully saturated rings. The molecule has 0 saturated carbocycles. The van der Waals surface area contributed by atoms with E-state index in [1.165, 1.54) is 0 Å². The lowest BCUT2D eigenvalue weighted by atomic mass is 10.3. The topological polar surface area (TPSA) is 122 Å². The lowest BCUT2D eigenvalue weighted by Gasteiger charge is -2.11. The van der Waals surface area contributed by atoms with Gasteiger partial charge in [-0.1, -0.05) is 6.58 Å². The number of hydrogen-bond acceptors (Lipinski definition) is 5. The molecule has 0 aromatic heterocycles. The zero-order valence-corrected chi connectivity index (χ0v) is 10.3. The molecule has 6 N–H and O–H groups in total. The van der Waals surface area contributed by atoms with Crippen molar-refractivity contribution in [3.05, 3.63) is 24.4 Å². The highest BCUT2D eigenvalue weighted by Gasteiger charge is 2.06. The van der Waals surface area contributed by atoms with Crippen LogP contribution >= 0.6 is 0 Å². The van der Waals surface area contributed by atoms with Gasteiger partial charge in [-0.25, -0.2) is 9.98 Å². The van der Waals surface area contributed by atoms with E-state index in [1.54, 1.807) is 6.92 Å². The van der Waals surface area contributed by atoms with Crippen molar-refractivity contribution in [3.63, 3.8) is 0 Å². The first-order valence-corrected chi connectivity index (χ1v) is 5.09. The Labute approximate surface area is 109 Å². The molecule has 0 amide bonds. The third-order valence-corrected chi connectivity index (χ3v) is 1.64. The highest BCUT2D eigenvalue weighted by Crippen LogP contribution is 2.02. The number of nitrogens with zero attached hydrogens (tertiary/aromatic N) is 2. The summed E-state index contributed by atoms with van der Waals surface area (Å²) >= 11 is 0. The van der Waals surface area contributed by atoms with Gasteiger partial charge in [0.2, 0.25) is 0 Å². The van der Waals surface area contributed by atoms with E-state index in [-0.39, 0.29) is 17.4 Å². The van der Waals surface area contributed by atoms with Gasteiger partial charge in [-0.2, -0.15) is 8.78 Å². The molecule has 0 aromatic carbocycles. The first kappa shape index (κ1) is 16.7. The predicted molar refractivity (Wildman–Crippen MR) is 70.0 cm³/mol. The predicted octanol–water partition coefficient (Wildman–Crippen LogP) is 0.510. The molecule has 0 bridgehead atoms. The lowest BCUT2D eigenvalue weighted by molar-refractivity contribution is -0.0894. The van der Waals surface area contributed by atoms with E-state index in [0.717, 1.165) is 18.8 Å². The van der Waals surface area contributed by atoms with E-state index in [1.807, 2.05) is 0 Å². The number of rotatable bonds is 7. The van der Waals surface area contributed by atoms with E-state index in [0.29, 0.717) is 0 Å². The molecule has 0 spiro atoms. The molecule has 1 unspecified atom stereocenters. The molecule has 0 aliphatic carbocycles. The second-order valence-corrected chi connectivity index (χ2v) is 3.21. The van der Waals surface area contributed by atoms with Crippen LogP contribution in [0, 0.1) is 5.41 Å². The summed E-state index contributed by atoms with van der Waals surface area (Å²) in [6, 6.07) is -0.476. The maximum absolute atomic E-state index is 11.9. The van der Waals surface area contributed by atoms with Gasteiger partial charge in [-0.05, 0) is 6.92 Å². The average molecular weight is 274 g/mol. The summed E-state index contributed by atoms with van der Waals surface area (Å²) in [6.07, 6.45) is 2.60. The van der Waals surface area contributed by atoms with Crippen LogP contribution in [-0.2, 0) is 4.74 Å². The molecule has 0 aliphatic rings. The Morgan fingerprint density at radius 2 is 2.16 bits per heavy atom. The lowest BCUT2D eigenvalue weighted by Crippen LogP contribution is -2.37. The molecule has 0 saturated heterocycles. The Balaban J connectivity index is 4.60. The summed E-state index contributed by atoms with van der Waals surface area (Å²) in [6.45, 7) is 2.15. The fourth-order valence-corrected chi connectivity index (χ4v) is 0.870. The second-order valence-electron chi connectivity index (χ2n) is 3.21. The number of amidine groups is 1. The van der Waals surface area contributed by atoms with Gasteiger partial charge in [0.1, 0.15) is 18.0 Å². The van der Waals surface area contributed by atoms with Crippen LogP contribution in [0.1, 0.15) is 6.92 Å². The van der Waals surface area contributed by atoms with Crippen LogP contribution in [0.15, 0.2) is 34.3 Å². The summed E-state index contributed by atoms with van der Waals surface area (Å²) in [4.78, 5) is 7.36. The molecule has 19 heavy (non-hydrogen) atoms. The van der Waals surface area contributed by atoms with Crippen molar-refractivity contribution in [2.24, 2.45) is 21.5 Å². The van der Waals surface area contributed by atoms with Crippen LogP contribution in [0.3, 0.4) is 0 Å². The van der Waals surface area contributed by atoms with E-state index in [2.05, 4.69) is 26.6 Å². The number of nitrogens with one attached hydrogen (secondary N) is 2. The highest BCUT2D eigenvalue weighted by atomic mass is 19.3. The zero-order valence-electron chi connectivity index (χ0n) is 10.3. The zero-order chi connectivity index (χ0) is 14.8. The van der Waals surface area contributed by atoms with Gasteiger partial charge in [0, 0.05) is 6.20 Å². The van der Waals surface area contributed by atoms with Gasteiger partial charge in [0.05, 0.1) is 12.3 Å². The number of alkyl halides is 2. The minimum Gasteiger partial charge on any atom is -0.432 e. The Bertz CT molecular complexity index is 403. The number of hydrogen-bond donors (Lipinski definition) is 4. The maximum Gasteiger partial charge on any atom is 0.387 e. The largest absolute Gasteiger partial charge is 0.432 e. The van der Waals surface area contributed by atoms with E-state index >= 15 is 0 Å². The van der Waals surface area contributed by atoms with Crippen LogP contribution in [0.2, 0.25) is 0 Å². The molecule has 1 atom stereocenters. The van der Waals surface area contributed by atoms with E-state index in [9.17, 15) is 8.78 Å². The Kier molecular flexibility index (Phi) is 7.70. The first-order chi connectivity index (χ1) is 8.90. The molecular weight excluding hydrogens is 258 g/mol. The van der Waals surface area contributed by atoms with Gasteiger partial charge >= 0.3 is 6.61 Å². The minimum atomic E-state index is -3.00. The van der Waals surface area contributed by atoms with Crippen molar-refractivity contribution in [2.45, 2.75) is 19.6 Å². The van der Waals surface area contributed by atoms with Crippen LogP contribution in [0.25, 0.3) is 0 Å². The van der Waals surface area contributed by atoms with Crippen molar-refractivity contribution in [1.82, 2.24) is 5.32 Å². The maximum atomic E-state index is 11.9. The molecule has 9 heteroatoms. The van der Waals surface area contributed by atoms with Gasteiger partial charge in [-0.3, -0.25) is 5.41 Å². The SMILES string of the molecule is C=C(/N=C\C(=C/N)OC(F)F)N/C(=N\C=N)C(C)N. The minimum absolute atomic E-state index is 0.0788. The standard InChI is InChI=1S/C10H16F2N6O/c1-6(15)9(17-5-14)18-7(2)16-4-8(3-13)19-10(11)12/h3-6,10H,2,13,15H2,1H3,(H2,14,17,18)/b8-3+,16-4-. The first-order valence-electron chi connectivity index (χ1n) is 5.09. The van der Waals surface area contributed by atoms with Gasteiger partial charge in [-0.15, -0.1) is 0 Å². The summed E-state index contributed by atoms with van der Waals surface area (Å²) in [5.74, 6) is 0.0182. The number of aliphatic imine (C=N–C) groups is 2. The number of ether oxygens (including phenoxy) is 1. The van der Waals surface area contributed by atoms with Gasteiger partial charge < -0.3 is 21.5 Å². The molecule has 0 radical (unpaired) electrons. The molecule has 106 valence electrons. The highest BCUT2D eigenvalue weighted by molar-refractivity contribution is 5.93. The normalized spacial score (nSPS) is 14.6. The summed E-state index contributed by atoms with van der Waals surface area (Å²) in [7, 11) is 0. The van der Waals surface area contributed by atoms with Crippen LogP contribution in [0.5, 0.6) is 0 Å². The van der Waals surface area contributed by atoms with Crippen LogP contribution < -0.4 is 16.8 Å². The van der Waals surface area contributed by atoms with Crippen molar-refractivity contribution in [3.8, 4) is 0 Å². The fraction of sp³-hybridized carbons (Fsp3) is 0.300. The fourth-order valence-electron chi connectivity index (χ4n) is 0.870. The van der Waals surface area contributed by atoms with Crippen molar-refractivity contribution >= 4 is 18.4 Å². The monoisotopic (exact) mass is 274 g/mol. The second kappa shape index (κ2) is 8.75. The molecule has 0 aliphatic heterocycles. The third kappa shape index (κ3) is 7.60. The summed E-state index contributed by atoms with van der Waals surface area (Å²) in [5.41, 5.74) is 10.6. The van der Waals surface area contributed by atoms with Crippen molar-refractivity contribution < 1.29 is 13.5 Å². The van der Waals surface area contributed by atoms with Crippen LogP contribution in [0.4, 0.5) is 8.78 Å². The Hall–Kier alpha value is -2.29. The molecule has 0 aromatic rings. The number of halogens is 2. The number of allylic oxidation sites excluding steroid dienone is 1. The van der Waals surface area contributed by atoms with E-state index in [4.69, 9.17) is 16.9 Å². The average Bonchev–Trinajstić information content (AvgIpc) is 2.33. The number of nitrogens with two attached hydrogens (primary N) is 2. The Morgan fingerprint density at radius 1 is 1.53 bits per heavy atom. The van der Waals surface area contributed by atoms with Crippen LogP contribution in [-0.4, -0.2) is 31.0 Å². The molecular formula is C10H16F2N6O. The van der Waals surface area contributed by atoms with Gasteiger partial charge in [0.25, 0.3) is 0 Å².